The Labute approximate surface area is 212 Å². The molecule has 7 heteroatoms. The number of rotatable bonds is 9. The van der Waals surface area contributed by atoms with Crippen molar-refractivity contribution in [1.82, 2.24) is 10.9 Å². The fraction of sp³-hybridized carbons (Fsp3) is 0.333. The van der Waals surface area contributed by atoms with Crippen LogP contribution in [-0.2, 0) is 9.59 Å². The molecule has 2 rings (SSSR count). The summed E-state index contributed by atoms with van der Waals surface area (Å²) in [6.07, 6.45) is 5.84. The second-order valence-corrected chi connectivity index (χ2v) is 10.9. The van der Waals surface area contributed by atoms with Gasteiger partial charge in [-0.1, -0.05) is 48.5 Å². The second-order valence-electron chi connectivity index (χ2n) is 6.57. The molecule has 0 aromatic heterocycles. The van der Waals surface area contributed by atoms with Gasteiger partial charge >= 0.3 is 69.5 Å². The molecule has 0 saturated carbocycles. The minimum atomic E-state index is -0.722. The molecule has 0 fully saturated rings. The van der Waals surface area contributed by atoms with Gasteiger partial charge in [0.1, 0.15) is 11.5 Å². The Hall–Kier alpha value is -1.57. The van der Waals surface area contributed by atoms with Crippen molar-refractivity contribution in [3.8, 4) is 0 Å². The van der Waals surface area contributed by atoms with Crippen molar-refractivity contribution in [3.05, 3.63) is 71.8 Å². The topological polar surface area (TPSA) is 75.3 Å². The number of hydrazine groups is 1. The van der Waals surface area contributed by atoms with E-state index < -0.39 is 11.8 Å². The first-order chi connectivity index (χ1) is 14.6. The van der Waals surface area contributed by atoms with Crippen LogP contribution in [0.15, 0.2) is 60.7 Å². The zero-order chi connectivity index (χ0) is 22.0. The molecule has 0 aliphatic heterocycles. The van der Waals surface area contributed by atoms with Crippen LogP contribution in [0.3, 0.4) is 0 Å². The maximum absolute atomic E-state index is 11.9. The SMILES string of the molecule is CCC[CH2][Sn][CH2]CCC.O=C=C(C(=O)NNC(=O)c1ccccc1)c1ccccc1.[Sn]. The van der Waals surface area contributed by atoms with Crippen LogP contribution in [0.5, 0.6) is 0 Å². The minimum absolute atomic E-state index is 0. The number of carbonyl (C=O) groups excluding carboxylic acids is 3. The van der Waals surface area contributed by atoms with Crippen LogP contribution >= 0.6 is 0 Å². The Morgan fingerprint density at radius 3 is 1.74 bits per heavy atom. The first kappa shape index (κ1) is 29.4. The molecular formula is C24H30N2O3Sn2. The molecule has 5 nitrogen and oxygen atoms in total. The van der Waals surface area contributed by atoms with Crippen molar-refractivity contribution in [1.29, 1.82) is 0 Å². The third-order valence-electron chi connectivity index (χ3n) is 4.13. The molecule has 2 aromatic carbocycles. The summed E-state index contributed by atoms with van der Waals surface area (Å²) >= 11 is 0.149. The molecule has 0 saturated heterocycles. The molecule has 0 spiro atoms. The maximum atomic E-state index is 11.9. The smallest absolute Gasteiger partial charge is 0.267 e. The van der Waals surface area contributed by atoms with E-state index in [2.05, 4.69) is 24.7 Å². The van der Waals surface area contributed by atoms with Crippen molar-refractivity contribution in [2.24, 2.45) is 0 Å². The van der Waals surface area contributed by atoms with Crippen LogP contribution in [-0.4, -0.2) is 62.8 Å². The average molecular weight is 632 g/mol. The Balaban J connectivity index is 0.000000769. The second kappa shape index (κ2) is 19.1. The van der Waals surface area contributed by atoms with Gasteiger partial charge in [0.05, 0.1) is 0 Å². The summed E-state index contributed by atoms with van der Waals surface area (Å²) in [5.74, 6) is 0.393. The summed E-state index contributed by atoms with van der Waals surface area (Å²) in [4.78, 5) is 34.6. The predicted molar refractivity (Wildman–Crippen MR) is 129 cm³/mol. The van der Waals surface area contributed by atoms with Crippen molar-refractivity contribution >= 4 is 68.4 Å². The zero-order valence-electron chi connectivity index (χ0n) is 18.2. The number of carbonyl (C=O) groups is 2. The monoisotopic (exact) mass is 634 g/mol. The van der Waals surface area contributed by atoms with Crippen LogP contribution in [0.2, 0.25) is 8.87 Å². The summed E-state index contributed by atoms with van der Waals surface area (Å²) in [7, 11) is 0. The first-order valence-corrected chi connectivity index (χ1v) is 14.3. The number of benzene rings is 2. The number of nitrogens with one attached hydrogen (secondary N) is 2. The van der Waals surface area contributed by atoms with Gasteiger partial charge in [0.25, 0.3) is 11.8 Å². The molecule has 0 bridgehead atoms. The van der Waals surface area contributed by atoms with Crippen LogP contribution in [0.4, 0.5) is 0 Å². The van der Waals surface area contributed by atoms with Crippen molar-refractivity contribution in [2.75, 3.05) is 0 Å². The van der Waals surface area contributed by atoms with Gasteiger partial charge in [-0.05, 0) is 17.7 Å². The Morgan fingerprint density at radius 1 is 0.806 bits per heavy atom. The van der Waals surface area contributed by atoms with E-state index in [1.807, 2.05) is 0 Å². The van der Waals surface area contributed by atoms with Gasteiger partial charge < -0.3 is 0 Å². The third kappa shape index (κ3) is 12.8. The normalized spacial score (nSPS) is 9.23. The van der Waals surface area contributed by atoms with E-state index in [1.54, 1.807) is 75.5 Å². The molecule has 6 radical (unpaired) electrons. The van der Waals surface area contributed by atoms with Gasteiger partial charge in [0.15, 0.2) is 0 Å². The van der Waals surface area contributed by atoms with E-state index in [-0.39, 0.29) is 50.6 Å². The van der Waals surface area contributed by atoms with Gasteiger partial charge in [0.2, 0.25) is 0 Å². The summed E-state index contributed by atoms with van der Waals surface area (Å²) in [6, 6.07) is 16.8. The fourth-order valence-corrected chi connectivity index (χ4v) is 6.57. The van der Waals surface area contributed by atoms with Crippen LogP contribution in [0.25, 0.3) is 5.57 Å². The fourth-order valence-electron chi connectivity index (χ4n) is 2.41. The summed E-state index contributed by atoms with van der Waals surface area (Å²) < 4.78 is 3.25. The molecule has 0 aliphatic rings. The van der Waals surface area contributed by atoms with E-state index in [0.29, 0.717) is 11.1 Å². The van der Waals surface area contributed by atoms with E-state index in [1.165, 1.54) is 25.7 Å². The minimum Gasteiger partial charge on any atom is -0.267 e. The zero-order valence-corrected chi connectivity index (χ0v) is 23.9. The third-order valence-corrected chi connectivity index (χ3v) is 8.17. The predicted octanol–water partition coefficient (Wildman–Crippen LogP) is 4.11. The van der Waals surface area contributed by atoms with Crippen molar-refractivity contribution in [2.45, 2.75) is 48.4 Å². The number of hydrogen-bond acceptors (Lipinski definition) is 3. The van der Waals surface area contributed by atoms with Crippen LogP contribution < -0.4 is 10.9 Å². The van der Waals surface area contributed by atoms with Gasteiger partial charge in [-0.2, -0.15) is 0 Å². The molecule has 2 amide bonds. The van der Waals surface area contributed by atoms with Crippen LogP contribution in [0.1, 0.15) is 55.5 Å². The molecule has 0 aliphatic carbocycles. The number of hydrogen-bond donors (Lipinski definition) is 2. The average Bonchev–Trinajstić information content (AvgIpc) is 2.79. The molecule has 2 N–H and O–H groups in total. The number of unbranched alkanes of at least 4 members (excludes halogenated alkanes) is 2. The molecule has 162 valence electrons. The van der Waals surface area contributed by atoms with E-state index in [4.69, 9.17) is 0 Å². The van der Waals surface area contributed by atoms with Gasteiger partial charge in [-0.25, -0.2) is 4.79 Å². The molecule has 31 heavy (non-hydrogen) atoms. The van der Waals surface area contributed by atoms with Crippen LogP contribution in [0, 0.1) is 0 Å². The molecule has 0 unspecified atom stereocenters. The summed E-state index contributed by atoms with van der Waals surface area (Å²) in [5, 5.41) is 0. The van der Waals surface area contributed by atoms with E-state index in [0.717, 1.165) is 0 Å². The quantitative estimate of drug-likeness (QED) is 0.144. The largest absolute Gasteiger partial charge is 0.281 e. The van der Waals surface area contributed by atoms with Crippen molar-refractivity contribution in [3.63, 3.8) is 0 Å². The molecular weight excluding hydrogens is 602 g/mol. The summed E-state index contributed by atoms with van der Waals surface area (Å²) in [6.45, 7) is 4.58. The Kier molecular flexibility index (Phi) is 18.2. The summed E-state index contributed by atoms with van der Waals surface area (Å²) in [5.41, 5.74) is 5.09. The van der Waals surface area contributed by atoms with Gasteiger partial charge in [-0.15, -0.1) is 0 Å². The maximum Gasteiger partial charge on any atom is 0.281 e. The molecule has 2 aromatic rings. The van der Waals surface area contributed by atoms with Gasteiger partial charge in [-0.3, -0.25) is 20.4 Å². The van der Waals surface area contributed by atoms with Gasteiger partial charge in [0, 0.05) is 29.5 Å². The van der Waals surface area contributed by atoms with Crippen molar-refractivity contribution < 1.29 is 14.4 Å². The van der Waals surface area contributed by atoms with E-state index >= 15 is 0 Å². The Bertz CT molecular complexity index is 802. The van der Waals surface area contributed by atoms with E-state index in [9.17, 15) is 14.4 Å². The molecule has 0 heterocycles. The Morgan fingerprint density at radius 2 is 1.29 bits per heavy atom. The standard InChI is InChI=1S/C16H12N2O3.2C4H9.2Sn/c19-11-14(12-7-3-1-4-8-12)16(21)18-17-15(20)13-9-5-2-6-10-13;2*1-3-4-2;;/h1-10H,(H,17,20)(H,18,21);2*1,3-4H2,2H3;;. The molecule has 0 atom stereocenters. The number of amides is 2. The first-order valence-electron chi connectivity index (χ1n) is 10.3.